The van der Waals surface area contributed by atoms with Crippen molar-refractivity contribution >= 4 is 7.36 Å². The molecule has 86 valence electrons. The van der Waals surface area contributed by atoms with E-state index in [0.717, 1.165) is 13.1 Å². The highest BCUT2D eigenvalue weighted by molar-refractivity contribution is 7.61. The molecule has 0 atom stereocenters. The van der Waals surface area contributed by atoms with Gasteiger partial charge in [0.1, 0.15) is 0 Å². The zero-order chi connectivity index (χ0) is 10.9. The topological polar surface area (TPSA) is 54.9 Å². The largest absolute Gasteiger partial charge is 0.383 e. The third-order valence-corrected chi connectivity index (χ3v) is 4.33. The highest BCUT2D eigenvalue weighted by Gasteiger charge is 2.08. The van der Waals surface area contributed by atoms with E-state index in [1.807, 2.05) is 7.05 Å². The number of ether oxygens (including phenoxy) is 2. The maximum atomic E-state index is 4.97. The van der Waals surface area contributed by atoms with E-state index in [9.17, 15) is 0 Å². The third kappa shape index (κ3) is 6.51. The van der Waals surface area contributed by atoms with Gasteiger partial charge in [0.05, 0.1) is 20.6 Å². The molecule has 0 fully saturated rings. The average molecular weight is 223 g/mol. The summed E-state index contributed by atoms with van der Waals surface area (Å²) in [6.07, 6.45) is 0. The van der Waals surface area contributed by atoms with Gasteiger partial charge in [0.15, 0.2) is 0 Å². The van der Waals surface area contributed by atoms with E-state index in [1.54, 1.807) is 14.2 Å². The fraction of sp³-hybridized carbons (Fsp3) is 1.00. The van der Waals surface area contributed by atoms with Gasteiger partial charge in [-0.1, -0.05) is 0 Å². The Hall–Kier alpha value is 0.0700. The minimum Gasteiger partial charge on any atom is -0.383 e. The molecular formula is C8H22N3O2P. The molecule has 0 aromatic heterocycles. The van der Waals surface area contributed by atoms with Gasteiger partial charge in [-0.2, -0.15) is 0 Å². The lowest BCUT2D eigenvalue weighted by molar-refractivity contribution is 0.202. The van der Waals surface area contributed by atoms with Gasteiger partial charge in [-0.3, -0.25) is 14.9 Å². The van der Waals surface area contributed by atoms with Crippen LogP contribution in [0, 0.1) is 0 Å². The van der Waals surface area contributed by atoms with Crippen molar-refractivity contribution in [1.82, 2.24) is 10.2 Å². The Balaban J connectivity index is 3.81. The van der Waals surface area contributed by atoms with Gasteiger partial charge in [0, 0.05) is 34.4 Å². The van der Waals surface area contributed by atoms with Crippen LogP contribution in [0.1, 0.15) is 0 Å². The normalized spacial score (nSPS) is 11.7. The van der Waals surface area contributed by atoms with E-state index in [2.05, 4.69) is 21.6 Å². The van der Waals surface area contributed by atoms with E-state index in [1.165, 1.54) is 0 Å². The zero-order valence-corrected chi connectivity index (χ0v) is 10.4. The van der Waals surface area contributed by atoms with Crippen LogP contribution in [0.5, 0.6) is 0 Å². The molecule has 0 radical (unpaired) electrons. The van der Waals surface area contributed by atoms with Gasteiger partial charge in [-0.15, -0.1) is 0 Å². The molecule has 5 nitrogen and oxygen atoms in total. The molecule has 14 heavy (non-hydrogen) atoms. The number of nitrogens with zero attached hydrogens (tertiary/aromatic N) is 1. The van der Waals surface area contributed by atoms with Gasteiger partial charge < -0.3 is 9.47 Å². The SMILES string of the molecule is CN=P(C)(NCCOC)NCCOC. The quantitative estimate of drug-likeness (QED) is 0.471. The molecule has 0 rings (SSSR count). The summed E-state index contributed by atoms with van der Waals surface area (Å²) in [6, 6.07) is 0. The third-order valence-electron chi connectivity index (χ3n) is 1.85. The second kappa shape index (κ2) is 8.38. The van der Waals surface area contributed by atoms with E-state index < -0.39 is 7.36 Å². The van der Waals surface area contributed by atoms with Crippen LogP contribution in [-0.4, -0.2) is 54.2 Å². The average Bonchev–Trinajstić information content (AvgIpc) is 2.19. The van der Waals surface area contributed by atoms with Crippen molar-refractivity contribution in [3.05, 3.63) is 0 Å². The second-order valence-electron chi connectivity index (χ2n) is 2.96. The van der Waals surface area contributed by atoms with Crippen molar-refractivity contribution in [1.29, 1.82) is 0 Å². The Morgan fingerprint density at radius 1 is 1.07 bits per heavy atom. The summed E-state index contributed by atoms with van der Waals surface area (Å²) in [5, 5.41) is 6.72. The van der Waals surface area contributed by atoms with Crippen LogP contribution in [0.4, 0.5) is 0 Å². The van der Waals surface area contributed by atoms with Crippen LogP contribution >= 0.6 is 7.36 Å². The predicted molar refractivity (Wildman–Crippen MR) is 61.0 cm³/mol. The first-order valence-corrected chi connectivity index (χ1v) is 6.83. The van der Waals surface area contributed by atoms with E-state index in [0.29, 0.717) is 13.2 Å². The molecule has 0 spiro atoms. The standard InChI is InChI=1S/C8H22N3O2P/c1-9-14(4,10-5-7-12-2)11-6-8-13-3/h10-11H,5-8H2,1-4H3. The van der Waals surface area contributed by atoms with Gasteiger partial charge in [0.25, 0.3) is 0 Å². The molecule has 6 heteroatoms. The molecule has 2 N–H and O–H groups in total. The van der Waals surface area contributed by atoms with Crippen molar-refractivity contribution in [3.8, 4) is 0 Å². The van der Waals surface area contributed by atoms with Crippen molar-refractivity contribution in [2.45, 2.75) is 0 Å². The summed E-state index contributed by atoms with van der Waals surface area (Å²) in [7, 11) is 3.67. The van der Waals surface area contributed by atoms with Crippen molar-refractivity contribution in [2.75, 3.05) is 54.2 Å². The van der Waals surface area contributed by atoms with Crippen molar-refractivity contribution in [2.24, 2.45) is 4.74 Å². The Morgan fingerprint density at radius 3 is 1.79 bits per heavy atom. The fourth-order valence-corrected chi connectivity index (χ4v) is 2.38. The van der Waals surface area contributed by atoms with Crippen LogP contribution in [0.25, 0.3) is 0 Å². The first-order valence-electron chi connectivity index (χ1n) is 4.64. The highest BCUT2D eigenvalue weighted by Crippen LogP contribution is 2.33. The van der Waals surface area contributed by atoms with Crippen molar-refractivity contribution in [3.63, 3.8) is 0 Å². The van der Waals surface area contributed by atoms with Gasteiger partial charge in [-0.25, -0.2) is 0 Å². The molecule has 0 amide bonds. The second-order valence-corrected chi connectivity index (χ2v) is 5.91. The molecule has 0 unspecified atom stereocenters. The van der Waals surface area contributed by atoms with Gasteiger partial charge in [0.2, 0.25) is 0 Å². The Bertz CT molecular complexity index is 173. The first-order chi connectivity index (χ1) is 6.68. The number of hydrogen-bond donors (Lipinski definition) is 2. The lowest BCUT2D eigenvalue weighted by Crippen LogP contribution is -2.27. The first kappa shape index (κ1) is 14.1. The van der Waals surface area contributed by atoms with Crippen LogP contribution in [0.2, 0.25) is 0 Å². The van der Waals surface area contributed by atoms with Crippen LogP contribution in [0.15, 0.2) is 4.74 Å². The fourth-order valence-electron chi connectivity index (χ4n) is 0.928. The molecule has 0 aliphatic heterocycles. The highest BCUT2D eigenvalue weighted by atomic mass is 31.2. The van der Waals surface area contributed by atoms with E-state index in [-0.39, 0.29) is 0 Å². The maximum Gasteiger partial charge on any atom is 0.0884 e. The van der Waals surface area contributed by atoms with E-state index in [4.69, 9.17) is 9.47 Å². The molecule has 0 heterocycles. The molecule has 0 aliphatic rings. The summed E-state index contributed by atoms with van der Waals surface area (Å²) >= 11 is 0. The summed E-state index contributed by atoms with van der Waals surface area (Å²) in [6.45, 7) is 5.14. The van der Waals surface area contributed by atoms with Gasteiger partial charge in [-0.05, 0) is 6.66 Å². The summed E-state index contributed by atoms with van der Waals surface area (Å²) in [5.74, 6) is 0. The van der Waals surface area contributed by atoms with Gasteiger partial charge >= 0.3 is 0 Å². The van der Waals surface area contributed by atoms with Crippen LogP contribution in [-0.2, 0) is 9.47 Å². The molecule has 0 aromatic rings. The Labute approximate surface area is 86.7 Å². The Morgan fingerprint density at radius 2 is 1.50 bits per heavy atom. The van der Waals surface area contributed by atoms with E-state index >= 15 is 0 Å². The number of nitrogens with one attached hydrogen (secondary N) is 2. The zero-order valence-electron chi connectivity index (χ0n) is 9.54. The lowest BCUT2D eigenvalue weighted by Gasteiger charge is -2.21. The summed E-state index contributed by atoms with van der Waals surface area (Å²) < 4.78 is 14.3. The molecule has 0 saturated heterocycles. The van der Waals surface area contributed by atoms with Crippen molar-refractivity contribution < 1.29 is 9.47 Å². The number of hydrogen-bond acceptors (Lipinski definition) is 3. The molecule has 0 saturated carbocycles. The molecule has 0 aliphatic carbocycles. The van der Waals surface area contributed by atoms with Crippen LogP contribution in [0.3, 0.4) is 0 Å². The lowest BCUT2D eigenvalue weighted by atomic mass is 10.7. The summed E-state index contributed by atoms with van der Waals surface area (Å²) in [4.78, 5) is 0. The minimum absolute atomic E-state index is 0.705. The smallest absolute Gasteiger partial charge is 0.0884 e. The summed E-state index contributed by atoms with van der Waals surface area (Å²) in [5.41, 5.74) is 0. The monoisotopic (exact) mass is 223 g/mol. The number of rotatable bonds is 8. The van der Waals surface area contributed by atoms with Crippen LogP contribution < -0.4 is 10.2 Å². The molecule has 0 bridgehead atoms. The minimum atomic E-state index is -1.54. The number of methoxy groups -OCH3 is 2. The predicted octanol–water partition coefficient (Wildman–Crippen LogP) is 0.749. The maximum absolute atomic E-state index is 4.97. The Kier molecular flexibility index (Phi) is 8.43. The molecular weight excluding hydrogens is 201 g/mol. The molecule has 0 aromatic carbocycles.